The summed E-state index contributed by atoms with van der Waals surface area (Å²) < 4.78 is 10.8. The number of nitrogens with zero attached hydrogens (tertiary/aromatic N) is 2. The Morgan fingerprint density at radius 2 is 0.829 bits per heavy atom. The number of carbonyl (C=O) groups excluding carboxylic acids is 2. The molecule has 111 heavy (non-hydrogen) atoms. The van der Waals surface area contributed by atoms with E-state index in [4.69, 9.17) is 55.9 Å². The number of ether oxygens (including phenoxy) is 2. The molecule has 10 aromatic rings. The fraction of sp³-hybridized carbons (Fsp3) is 0.312. The number of hydrogen-bond acceptors (Lipinski definition) is 8. The highest BCUT2D eigenvalue weighted by atomic mass is 35.5. The quantitative estimate of drug-likeness (QED) is 0.0542. The number of allylic oxidation sites excluding steroid dienone is 1. The number of aromatic amines is 4. The maximum absolute atomic E-state index is 12.0. The standard InChI is InChI=1S/C25H26ClNO2.C24H24ClNO.C23H27ClN2O2.C21H25ClN2O3/c1-25(2,3)19-13-11-18(12-14-19)21(23-16-15-22(26)24(28)27-23)10-7-17-29-20-8-5-4-6-9-20;1-24(2,3)19-12-10-18(11-13-19)20(14-9-17-7-5-4-6-8-17)22-16-15-21(25)23(27)26-22;1-23(2,3)17-10-8-16(9-11-17)18(20-13-12-19(24)22(28)25-20)6-4-14-26-15-5-7-21(26)27;1-21(2,3)15-6-4-14(5-7-15)16(10-11-24-12-13-27-20(24)26)18-9-8-17(22)19(25)23-18/h4-6,8-16H,7,17H2,1-3H3,(H,27,28);4-8,10-16H,9H2,1-3H3,(H,26,27);6,8-13H,4-5,7,14-15H2,1-3H3,(H,25,28);4-9,16H,10-13H2,1-3H3,(H,23,25)/b21-10+;20-14+;18-6+;. The molecule has 2 saturated heterocycles. The van der Waals surface area contributed by atoms with Gasteiger partial charge >= 0.3 is 6.09 Å². The van der Waals surface area contributed by atoms with Crippen LogP contribution in [-0.2, 0) is 37.6 Å². The Labute approximate surface area is 672 Å². The van der Waals surface area contributed by atoms with Crippen LogP contribution < -0.4 is 27.0 Å². The minimum Gasteiger partial charge on any atom is -0.493 e. The first-order chi connectivity index (χ1) is 52.7. The number of carbonyl (C=O) groups is 2. The highest BCUT2D eigenvalue weighted by Crippen LogP contribution is 2.34. The minimum atomic E-state index is -0.300. The van der Waals surface area contributed by atoms with Gasteiger partial charge in [0.05, 0.1) is 13.2 Å². The van der Waals surface area contributed by atoms with Crippen LogP contribution in [0.2, 0.25) is 20.1 Å². The molecule has 2 aliphatic rings. The van der Waals surface area contributed by atoms with E-state index < -0.39 is 0 Å². The number of halogens is 4. The number of para-hydroxylation sites is 1. The molecule has 2 amide bonds. The topological polar surface area (TPSA) is 191 Å². The smallest absolute Gasteiger partial charge is 0.409 e. The van der Waals surface area contributed by atoms with Gasteiger partial charge in [0.1, 0.15) is 32.4 Å². The zero-order valence-corrected chi connectivity index (χ0v) is 68.6. The maximum atomic E-state index is 12.0. The van der Waals surface area contributed by atoms with E-state index >= 15 is 0 Å². The molecular formula is C93H102Cl4N6O8. The van der Waals surface area contributed by atoms with E-state index in [9.17, 15) is 28.8 Å². The van der Waals surface area contributed by atoms with Crippen molar-refractivity contribution in [2.75, 3.05) is 39.4 Å². The van der Waals surface area contributed by atoms with Crippen LogP contribution in [0.5, 0.6) is 5.75 Å². The van der Waals surface area contributed by atoms with Gasteiger partial charge in [-0.15, -0.1) is 0 Å². The van der Waals surface area contributed by atoms with Gasteiger partial charge in [-0.1, -0.05) is 293 Å². The second kappa shape index (κ2) is 38.8. The first-order valence-electron chi connectivity index (χ1n) is 37.7. The van der Waals surface area contributed by atoms with Crippen LogP contribution in [0.15, 0.2) is 244 Å². The lowest BCUT2D eigenvalue weighted by Crippen LogP contribution is -2.27. The van der Waals surface area contributed by atoms with Crippen LogP contribution in [0.4, 0.5) is 4.79 Å². The monoisotopic (exact) mass is 1570 g/mol. The predicted octanol–water partition coefficient (Wildman–Crippen LogP) is 21.3. The Balaban J connectivity index is 0.000000170. The molecule has 6 heterocycles. The van der Waals surface area contributed by atoms with Crippen molar-refractivity contribution in [2.45, 2.75) is 149 Å². The Kier molecular flexibility index (Phi) is 29.7. The normalized spacial score (nSPS) is 13.8. The molecule has 4 N–H and O–H groups in total. The molecule has 1 unspecified atom stereocenters. The molecule has 4 aromatic heterocycles. The highest BCUT2D eigenvalue weighted by Gasteiger charge is 2.26. The number of hydrogen-bond donors (Lipinski definition) is 4. The number of cyclic esters (lactones) is 1. The third-order valence-electron chi connectivity index (χ3n) is 19.4. The number of rotatable bonds is 20. The van der Waals surface area contributed by atoms with Gasteiger partial charge in [0, 0.05) is 77.9 Å². The fourth-order valence-corrected chi connectivity index (χ4v) is 13.2. The third kappa shape index (κ3) is 24.8. The molecule has 0 aliphatic carbocycles. The molecular weight excluding hydrogens is 1470 g/mol. The molecule has 0 saturated carbocycles. The van der Waals surface area contributed by atoms with Crippen LogP contribution in [0.25, 0.3) is 16.7 Å². The van der Waals surface area contributed by atoms with Gasteiger partial charge in [-0.25, -0.2) is 4.79 Å². The summed E-state index contributed by atoms with van der Waals surface area (Å²) >= 11 is 23.6. The molecule has 6 aromatic carbocycles. The number of aromatic nitrogens is 4. The first kappa shape index (κ1) is 85.0. The summed E-state index contributed by atoms with van der Waals surface area (Å²) in [7, 11) is 0. The number of pyridine rings is 4. The molecule has 580 valence electrons. The first-order valence-corrected chi connectivity index (χ1v) is 39.2. The highest BCUT2D eigenvalue weighted by molar-refractivity contribution is 6.31. The van der Waals surface area contributed by atoms with Crippen LogP contribution in [0.1, 0.15) is 194 Å². The number of H-pyrrole nitrogens is 4. The molecule has 12 rings (SSSR count). The summed E-state index contributed by atoms with van der Waals surface area (Å²) in [5.41, 5.74) is 15.6. The van der Waals surface area contributed by atoms with E-state index in [1.54, 1.807) is 29.2 Å². The number of amides is 2. The van der Waals surface area contributed by atoms with Crippen molar-refractivity contribution in [1.82, 2.24) is 29.7 Å². The van der Waals surface area contributed by atoms with Gasteiger partial charge in [0.25, 0.3) is 22.2 Å². The van der Waals surface area contributed by atoms with E-state index in [2.05, 4.69) is 230 Å². The summed E-state index contributed by atoms with van der Waals surface area (Å²) in [6, 6.07) is 67.8. The van der Waals surface area contributed by atoms with Crippen LogP contribution in [0.3, 0.4) is 0 Å². The summed E-state index contributed by atoms with van der Waals surface area (Å²) in [5.74, 6) is 1.03. The maximum Gasteiger partial charge on any atom is 0.409 e. The summed E-state index contributed by atoms with van der Waals surface area (Å²) in [6.45, 7) is 29.9. The van der Waals surface area contributed by atoms with Crippen molar-refractivity contribution in [3.05, 3.63) is 359 Å². The van der Waals surface area contributed by atoms with Crippen molar-refractivity contribution < 1.29 is 19.1 Å². The Morgan fingerprint density at radius 3 is 1.22 bits per heavy atom. The minimum absolute atomic E-state index is 0.0441. The van der Waals surface area contributed by atoms with Crippen LogP contribution in [0, 0.1) is 0 Å². The molecule has 0 bridgehead atoms. The summed E-state index contributed by atoms with van der Waals surface area (Å²) in [6.07, 6.45) is 10.5. The molecule has 18 heteroatoms. The SMILES string of the molecule is CC(C)(C)c1ccc(/C(=C\CCN2CCCC2=O)c2ccc(Cl)c(=O)[nH]2)cc1.CC(C)(C)c1ccc(/C(=C\CCOc2ccccc2)c2ccc(Cl)c(=O)[nH]2)cc1.CC(C)(C)c1ccc(/C(=C\Cc2ccccc2)c2ccc(Cl)c(=O)[nH]2)cc1.CC(C)(C)c1ccc(C(CCN2CCOC2=O)c2ccc(Cl)c(=O)[nH]2)cc1. The van der Waals surface area contributed by atoms with E-state index in [1.165, 1.54) is 27.8 Å². The van der Waals surface area contributed by atoms with Crippen molar-refractivity contribution in [3.8, 4) is 5.75 Å². The average molecular weight is 1570 g/mol. The largest absolute Gasteiger partial charge is 0.493 e. The Bertz CT molecular complexity index is 5120. The van der Waals surface area contributed by atoms with E-state index in [1.807, 2.05) is 77.7 Å². The van der Waals surface area contributed by atoms with Gasteiger partial charge in [0.2, 0.25) is 5.91 Å². The lowest BCUT2D eigenvalue weighted by atomic mass is 9.84. The van der Waals surface area contributed by atoms with Crippen molar-refractivity contribution >= 4 is 75.1 Å². The Morgan fingerprint density at radius 1 is 0.432 bits per heavy atom. The zero-order chi connectivity index (χ0) is 80.2. The lowest BCUT2D eigenvalue weighted by Gasteiger charge is -2.23. The second-order valence-corrected chi connectivity index (χ2v) is 33.4. The molecule has 1 atom stereocenters. The lowest BCUT2D eigenvalue weighted by molar-refractivity contribution is -0.127. The zero-order valence-electron chi connectivity index (χ0n) is 65.6. The molecule has 0 radical (unpaired) electrons. The van der Waals surface area contributed by atoms with E-state index in [0.717, 1.165) is 93.3 Å². The second-order valence-electron chi connectivity index (χ2n) is 31.8. The van der Waals surface area contributed by atoms with Crippen molar-refractivity contribution in [2.24, 2.45) is 0 Å². The van der Waals surface area contributed by atoms with Gasteiger partial charge < -0.3 is 39.2 Å². The molecule has 0 spiro atoms. The predicted molar refractivity (Wildman–Crippen MR) is 457 cm³/mol. The van der Waals surface area contributed by atoms with Gasteiger partial charge in [-0.2, -0.15) is 0 Å². The molecule has 14 nitrogen and oxygen atoms in total. The number of nitrogens with one attached hydrogen (secondary N) is 4. The van der Waals surface area contributed by atoms with Gasteiger partial charge in [-0.05, 0) is 158 Å². The summed E-state index contributed by atoms with van der Waals surface area (Å²) in [5, 5.41) is 0.727. The van der Waals surface area contributed by atoms with Crippen LogP contribution >= 0.6 is 46.4 Å². The van der Waals surface area contributed by atoms with Crippen molar-refractivity contribution in [3.63, 3.8) is 0 Å². The van der Waals surface area contributed by atoms with E-state index in [0.29, 0.717) is 52.1 Å². The summed E-state index contributed by atoms with van der Waals surface area (Å²) in [4.78, 5) is 86.8. The fourth-order valence-electron chi connectivity index (χ4n) is 12.8. The molecule has 2 aliphatic heterocycles. The third-order valence-corrected chi connectivity index (χ3v) is 20.6. The number of likely N-dealkylation sites (tertiary alicyclic amines) is 1. The van der Waals surface area contributed by atoms with Crippen LogP contribution in [-0.4, -0.2) is 81.1 Å². The average Bonchev–Trinajstić information content (AvgIpc) is 1.24. The van der Waals surface area contributed by atoms with Gasteiger partial charge in [-0.3, -0.25) is 24.0 Å². The Hall–Kier alpha value is -9.96. The molecule has 2 fully saturated rings. The van der Waals surface area contributed by atoms with Gasteiger partial charge in [0.15, 0.2) is 0 Å². The van der Waals surface area contributed by atoms with E-state index in [-0.39, 0.29) is 81.9 Å². The number of benzene rings is 6. The van der Waals surface area contributed by atoms with Crippen molar-refractivity contribution in [1.29, 1.82) is 0 Å².